The van der Waals surface area contributed by atoms with E-state index in [2.05, 4.69) is 54.6 Å². The molecule has 0 spiro atoms. The van der Waals surface area contributed by atoms with Gasteiger partial charge in [-0.3, -0.25) is 0 Å². The first-order chi connectivity index (χ1) is 7.26. The second-order valence-electron chi connectivity index (χ2n) is 3.10. The first-order valence-electron chi connectivity index (χ1n) is 4.87. The lowest BCUT2D eigenvalue weighted by Gasteiger charge is -2.19. The van der Waals surface area contributed by atoms with Crippen LogP contribution in [0.1, 0.15) is 13.8 Å². The quantitative estimate of drug-likeness (QED) is 0.866. The number of anilines is 1. The van der Waals surface area contributed by atoms with Crippen LogP contribution in [0.3, 0.4) is 0 Å². The number of rotatable bonds is 3. The zero-order valence-corrected chi connectivity index (χ0v) is 10.2. The van der Waals surface area contributed by atoms with E-state index in [9.17, 15) is 0 Å². The maximum Gasteiger partial charge on any atom is 0.183 e. The summed E-state index contributed by atoms with van der Waals surface area (Å²) >= 11 is 3.30. The van der Waals surface area contributed by atoms with E-state index in [0.29, 0.717) is 10.4 Å². The highest BCUT2D eigenvalue weighted by Crippen LogP contribution is 2.21. The molecule has 6 heteroatoms. The van der Waals surface area contributed by atoms with E-state index < -0.39 is 0 Å². The number of fused-ring (bicyclic) bond motifs is 1. The minimum atomic E-state index is 0.686. The van der Waals surface area contributed by atoms with Gasteiger partial charge in [0, 0.05) is 13.1 Å². The Balaban J connectivity index is 2.58. The molecule has 0 bridgehead atoms. The summed E-state index contributed by atoms with van der Waals surface area (Å²) in [4.78, 5) is 17.9. The smallest absolute Gasteiger partial charge is 0.183 e. The van der Waals surface area contributed by atoms with Crippen LogP contribution < -0.4 is 4.90 Å². The third-order valence-corrected chi connectivity index (χ3v) is 2.68. The van der Waals surface area contributed by atoms with E-state index in [0.717, 1.165) is 24.4 Å². The van der Waals surface area contributed by atoms with E-state index in [1.165, 1.54) is 0 Å². The Hall–Kier alpha value is -1.17. The van der Waals surface area contributed by atoms with Gasteiger partial charge in [-0.25, -0.2) is 15.0 Å². The topological polar surface area (TPSA) is 57.7 Å². The van der Waals surface area contributed by atoms with Gasteiger partial charge in [0.25, 0.3) is 0 Å². The molecular formula is C9H12BrN5. The molecule has 0 radical (unpaired) electrons. The Bertz CT molecular complexity index is 462. The standard InChI is InChI=1S/C9H12BrN5/c1-3-15(4-2)8-6-7(11-5-12-8)14-9(10)13-6/h5H,3-4H2,1-2H3,(H,11,12,13,14). The highest BCUT2D eigenvalue weighted by molar-refractivity contribution is 9.10. The van der Waals surface area contributed by atoms with Gasteiger partial charge in [0.05, 0.1) is 0 Å². The molecule has 2 aromatic rings. The molecule has 80 valence electrons. The summed E-state index contributed by atoms with van der Waals surface area (Å²) in [6.07, 6.45) is 1.54. The number of nitrogens with one attached hydrogen (secondary N) is 1. The third kappa shape index (κ3) is 1.81. The Morgan fingerprint density at radius 1 is 1.33 bits per heavy atom. The van der Waals surface area contributed by atoms with Gasteiger partial charge >= 0.3 is 0 Å². The van der Waals surface area contributed by atoms with Crippen LogP contribution in [0.15, 0.2) is 11.1 Å². The molecule has 0 saturated carbocycles. The molecule has 0 aliphatic heterocycles. The summed E-state index contributed by atoms with van der Waals surface area (Å²) in [7, 11) is 0. The fourth-order valence-electron chi connectivity index (χ4n) is 1.55. The second-order valence-corrected chi connectivity index (χ2v) is 3.85. The molecular weight excluding hydrogens is 258 g/mol. The van der Waals surface area contributed by atoms with E-state index in [4.69, 9.17) is 0 Å². The Morgan fingerprint density at radius 2 is 2.07 bits per heavy atom. The highest BCUT2D eigenvalue weighted by atomic mass is 79.9. The minimum Gasteiger partial charge on any atom is -0.355 e. The molecule has 1 N–H and O–H groups in total. The normalized spacial score (nSPS) is 10.9. The van der Waals surface area contributed by atoms with Gasteiger partial charge in [-0.1, -0.05) is 0 Å². The van der Waals surface area contributed by atoms with E-state index in [1.54, 1.807) is 6.33 Å². The molecule has 2 heterocycles. The largest absolute Gasteiger partial charge is 0.355 e. The Morgan fingerprint density at radius 3 is 2.73 bits per heavy atom. The summed E-state index contributed by atoms with van der Waals surface area (Å²) in [5, 5.41) is 0. The van der Waals surface area contributed by atoms with Crippen molar-refractivity contribution in [1.29, 1.82) is 0 Å². The lowest BCUT2D eigenvalue weighted by atomic mass is 10.4. The van der Waals surface area contributed by atoms with Crippen molar-refractivity contribution in [3.8, 4) is 0 Å². The molecule has 2 rings (SSSR count). The fraction of sp³-hybridized carbons (Fsp3) is 0.444. The molecule has 5 nitrogen and oxygen atoms in total. The van der Waals surface area contributed by atoms with Gasteiger partial charge in [0.15, 0.2) is 16.2 Å². The van der Waals surface area contributed by atoms with Gasteiger partial charge in [0.1, 0.15) is 11.8 Å². The summed E-state index contributed by atoms with van der Waals surface area (Å²) < 4.78 is 0.686. The van der Waals surface area contributed by atoms with E-state index >= 15 is 0 Å². The van der Waals surface area contributed by atoms with Crippen LogP contribution >= 0.6 is 15.9 Å². The summed E-state index contributed by atoms with van der Waals surface area (Å²) in [5.41, 5.74) is 1.58. The van der Waals surface area contributed by atoms with Crippen LogP contribution in [0.5, 0.6) is 0 Å². The monoisotopic (exact) mass is 269 g/mol. The van der Waals surface area contributed by atoms with Crippen molar-refractivity contribution in [1.82, 2.24) is 19.9 Å². The molecule has 2 aromatic heterocycles. The average Bonchev–Trinajstić information content (AvgIpc) is 2.61. The van der Waals surface area contributed by atoms with Gasteiger partial charge in [-0.05, 0) is 29.8 Å². The van der Waals surface area contributed by atoms with Gasteiger partial charge in [0.2, 0.25) is 0 Å². The number of nitrogens with zero attached hydrogens (tertiary/aromatic N) is 4. The van der Waals surface area contributed by atoms with Crippen LogP contribution in [0.25, 0.3) is 11.2 Å². The first kappa shape index (κ1) is 10.4. The van der Waals surface area contributed by atoms with Crippen molar-refractivity contribution in [2.24, 2.45) is 0 Å². The third-order valence-electron chi connectivity index (χ3n) is 2.30. The van der Waals surface area contributed by atoms with Crippen molar-refractivity contribution in [2.75, 3.05) is 18.0 Å². The number of imidazole rings is 1. The number of hydrogen-bond donors (Lipinski definition) is 1. The van der Waals surface area contributed by atoms with Crippen molar-refractivity contribution >= 4 is 32.9 Å². The maximum absolute atomic E-state index is 4.28. The van der Waals surface area contributed by atoms with Crippen LogP contribution in [0.4, 0.5) is 5.82 Å². The van der Waals surface area contributed by atoms with Crippen LogP contribution in [0.2, 0.25) is 0 Å². The molecule has 0 unspecified atom stereocenters. The molecule has 0 aliphatic rings. The average molecular weight is 270 g/mol. The van der Waals surface area contributed by atoms with E-state index in [1.807, 2.05) is 0 Å². The fourth-order valence-corrected chi connectivity index (χ4v) is 1.92. The number of halogens is 1. The zero-order chi connectivity index (χ0) is 10.8. The lowest BCUT2D eigenvalue weighted by Crippen LogP contribution is -2.23. The van der Waals surface area contributed by atoms with Gasteiger partial charge in [-0.15, -0.1) is 0 Å². The van der Waals surface area contributed by atoms with Crippen molar-refractivity contribution in [3.05, 3.63) is 11.1 Å². The van der Waals surface area contributed by atoms with Crippen molar-refractivity contribution < 1.29 is 0 Å². The molecule has 0 aliphatic carbocycles. The summed E-state index contributed by atoms with van der Waals surface area (Å²) in [6.45, 7) is 6.03. The summed E-state index contributed by atoms with van der Waals surface area (Å²) in [6, 6.07) is 0. The Labute approximate surface area is 96.1 Å². The van der Waals surface area contributed by atoms with E-state index in [-0.39, 0.29) is 0 Å². The molecule has 15 heavy (non-hydrogen) atoms. The summed E-state index contributed by atoms with van der Waals surface area (Å²) in [5.74, 6) is 0.906. The highest BCUT2D eigenvalue weighted by Gasteiger charge is 2.12. The first-order valence-corrected chi connectivity index (χ1v) is 5.66. The van der Waals surface area contributed by atoms with Crippen LogP contribution in [-0.4, -0.2) is 33.0 Å². The van der Waals surface area contributed by atoms with Crippen molar-refractivity contribution in [2.45, 2.75) is 13.8 Å². The predicted octanol–water partition coefficient (Wildman–Crippen LogP) is 1.96. The number of hydrogen-bond acceptors (Lipinski definition) is 4. The molecule has 0 saturated heterocycles. The number of H-pyrrole nitrogens is 1. The second kappa shape index (κ2) is 4.14. The number of aromatic amines is 1. The maximum atomic E-state index is 4.28. The Kier molecular flexibility index (Phi) is 2.86. The molecule has 0 amide bonds. The minimum absolute atomic E-state index is 0.686. The molecule has 0 aromatic carbocycles. The van der Waals surface area contributed by atoms with Crippen LogP contribution in [0, 0.1) is 0 Å². The predicted molar refractivity (Wildman–Crippen MR) is 62.9 cm³/mol. The van der Waals surface area contributed by atoms with Gasteiger partial charge in [-0.2, -0.15) is 0 Å². The lowest BCUT2D eigenvalue weighted by molar-refractivity contribution is 0.847. The van der Waals surface area contributed by atoms with Crippen LogP contribution in [-0.2, 0) is 0 Å². The molecule has 0 atom stereocenters. The van der Waals surface area contributed by atoms with Crippen molar-refractivity contribution in [3.63, 3.8) is 0 Å². The number of aromatic nitrogens is 4. The SMILES string of the molecule is CCN(CC)c1ncnc2nc(Br)[nH]c12. The zero-order valence-electron chi connectivity index (χ0n) is 8.66. The molecule has 0 fully saturated rings. The van der Waals surface area contributed by atoms with Gasteiger partial charge < -0.3 is 9.88 Å².